The Labute approximate surface area is 96.4 Å². The van der Waals surface area contributed by atoms with Gasteiger partial charge in [0.05, 0.1) is 11.0 Å². The highest BCUT2D eigenvalue weighted by Gasteiger charge is 2.11. The van der Waals surface area contributed by atoms with Crippen molar-refractivity contribution < 1.29 is 13.5 Å². The van der Waals surface area contributed by atoms with Gasteiger partial charge in [0.1, 0.15) is 0 Å². The van der Waals surface area contributed by atoms with Crippen LogP contribution in [0.3, 0.4) is 0 Å². The largest absolute Gasteiger partial charge is 0.389 e. The van der Waals surface area contributed by atoms with Crippen molar-refractivity contribution in [1.29, 1.82) is 0 Å². The normalized spacial score (nSPS) is 14.5. The average molecular weight is 240 g/mol. The highest BCUT2D eigenvalue weighted by atomic mass is 32.2. The maximum absolute atomic E-state index is 11.8. The van der Waals surface area contributed by atoms with Gasteiger partial charge in [-0.3, -0.25) is 0 Å². The summed E-state index contributed by atoms with van der Waals surface area (Å²) in [4.78, 5) is 0.238. The molecule has 0 aliphatic rings. The molecule has 0 aromatic heterocycles. The summed E-state index contributed by atoms with van der Waals surface area (Å²) in [6, 6.07) is 8.15. The third-order valence-corrected chi connectivity index (χ3v) is 3.65. The van der Waals surface area contributed by atoms with E-state index in [1.165, 1.54) is 18.2 Å². The second-order valence-electron chi connectivity index (χ2n) is 3.92. The minimum atomic E-state index is -3.43. The summed E-state index contributed by atoms with van der Waals surface area (Å²) in [7, 11) is -3.43. The molecule has 1 rings (SSSR count). The van der Waals surface area contributed by atoms with Crippen molar-refractivity contribution in [3.05, 3.63) is 41.8 Å². The molecule has 0 saturated heterocycles. The molecular formula is C12H16O3S. The Hall–Kier alpha value is -1.13. The number of sulfone groups is 1. The van der Waals surface area contributed by atoms with Crippen molar-refractivity contribution >= 4 is 9.84 Å². The second kappa shape index (κ2) is 5.27. The van der Waals surface area contributed by atoms with Crippen molar-refractivity contribution in [3.63, 3.8) is 0 Å². The van der Waals surface area contributed by atoms with Crippen molar-refractivity contribution in [2.75, 3.05) is 0 Å². The van der Waals surface area contributed by atoms with Gasteiger partial charge in [-0.05, 0) is 24.1 Å². The number of hydrogen-bond donors (Lipinski definition) is 1. The Morgan fingerprint density at radius 3 is 2.25 bits per heavy atom. The van der Waals surface area contributed by atoms with Crippen LogP contribution in [0, 0.1) is 5.92 Å². The average Bonchev–Trinajstić information content (AvgIpc) is 2.27. The molecule has 1 aromatic carbocycles. The first-order chi connectivity index (χ1) is 7.43. The van der Waals surface area contributed by atoms with Crippen LogP contribution in [0.15, 0.2) is 46.7 Å². The molecule has 16 heavy (non-hydrogen) atoms. The predicted octanol–water partition coefficient (Wildman–Crippen LogP) is 1.99. The molecule has 1 N–H and O–H groups in total. The van der Waals surface area contributed by atoms with Crippen molar-refractivity contribution in [2.24, 2.45) is 5.92 Å². The Bertz CT molecular complexity index is 446. The summed E-state index contributed by atoms with van der Waals surface area (Å²) in [5.74, 6) is 0.00206. The summed E-state index contributed by atoms with van der Waals surface area (Å²) >= 11 is 0. The lowest BCUT2D eigenvalue weighted by Crippen LogP contribution is -2.11. The molecule has 4 heteroatoms. The van der Waals surface area contributed by atoms with Gasteiger partial charge in [0.15, 0.2) is 9.84 Å². The van der Waals surface area contributed by atoms with Gasteiger partial charge >= 0.3 is 0 Å². The zero-order valence-corrected chi connectivity index (χ0v) is 10.2. The molecular weight excluding hydrogens is 224 g/mol. The lowest BCUT2D eigenvalue weighted by Gasteiger charge is -2.08. The molecule has 0 spiro atoms. The fraction of sp³-hybridized carbons (Fsp3) is 0.333. The Morgan fingerprint density at radius 1 is 1.19 bits per heavy atom. The van der Waals surface area contributed by atoms with E-state index in [1.807, 2.05) is 13.8 Å². The van der Waals surface area contributed by atoms with Crippen LogP contribution in [0.2, 0.25) is 0 Å². The van der Waals surface area contributed by atoms with E-state index < -0.39 is 15.9 Å². The molecule has 0 fully saturated rings. The van der Waals surface area contributed by atoms with Crippen LogP contribution >= 0.6 is 0 Å². The van der Waals surface area contributed by atoms with Gasteiger partial charge in [0.2, 0.25) is 0 Å². The smallest absolute Gasteiger partial charge is 0.199 e. The minimum absolute atomic E-state index is 0.00206. The van der Waals surface area contributed by atoms with E-state index in [1.54, 1.807) is 18.2 Å². The van der Waals surface area contributed by atoms with Crippen molar-refractivity contribution in [3.8, 4) is 0 Å². The van der Waals surface area contributed by atoms with Gasteiger partial charge < -0.3 is 5.11 Å². The number of aliphatic hydroxyl groups is 1. The number of hydrogen-bond acceptors (Lipinski definition) is 3. The van der Waals surface area contributed by atoms with Crippen LogP contribution in [-0.4, -0.2) is 19.6 Å². The zero-order valence-electron chi connectivity index (χ0n) is 9.37. The SMILES string of the molecule is CC(C)[C@@H](O)/C=C/S(=O)(=O)c1ccccc1. The molecule has 0 aliphatic heterocycles. The molecule has 0 radical (unpaired) electrons. The summed E-state index contributed by atoms with van der Waals surface area (Å²) in [6.07, 6.45) is 0.575. The monoisotopic (exact) mass is 240 g/mol. The lowest BCUT2D eigenvalue weighted by molar-refractivity contribution is 0.172. The summed E-state index contributed by atoms with van der Waals surface area (Å²) in [5.41, 5.74) is 0. The van der Waals surface area contributed by atoms with Crippen molar-refractivity contribution in [1.82, 2.24) is 0 Å². The van der Waals surface area contributed by atoms with Gasteiger partial charge in [0.25, 0.3) is 0 Å². The Balaban J connectivity index is 2.89. The van der Waals surface area contributed by atoms with Crippen LogP contribution in [0.25, 0.3) is 0 Å². The molecule has 0 unspecified atom stereocenters. The minimum Gasteiger partial charge on any atom is -0.389 e. The fourth-order valence-corrected chi connectivity index (χ4v) is 2.16. The maximum Gasteiger partial charge on any atom is 0.199 e. The number of rotatable bonds is 4. The number of benzene rings is 1. The molecule has 0 saturated carbocycles. The van der Waals surface area contributed by atoms with E-state index in [0.29, 0.717) is 0 Å². The highest BCUT2D eigenvalue weighted by Crippen LogP contribution is 2.12. The quantitative estimate of drug-likeness (QED) is 0.875. The molecule has 88 valence electrons. The van der Waals surface area contributed by atoms with E-state index in [-0.39, 0.29) is 10.8 Å². The molecule has 1 aromatic rings. The molecule has 0 heterocycles. The summed E-state index contributed by atoms with van der Waals surface area (Å²) in [6.45, 7) is 3.65. The second-order valence-corrected chi connectivity index (χ2v) is 5.75. The van der Waals surface area contributed by atoms with Gasteiger partial charge in [-0.25, -0.2) is 8.42 Å². The molecule has 3 nitrogen and oxygen atoms in total. The first kappa shape index (κ1) is 12.9. The summed E-state index contributed by atoms with van der Waals surface area (Å²) < 4.78 is 23.5. The van der Waals surface area contributed by atoms with Crippen LogP contribution in [0.4, 0.5) is 0 Å². The fourth-order valence-electron chi connectivity index (χ4n) is 1.09. The molecule has 0 bridgehead atoms. The molecule has 0 amide bonds. The Kier molecular flexibility index (Phi) is 4.26. The topological polar surface area (TPSA) is 54.4 Å². The first-order valence-corrected chi connectivity index (χ1v) is 6.64. The van der Waals surface area contributed by atoms with E-state index in [0.717, 1.165) is 5.41 Å². The summed E-state index contributed by atoms with van der Waals surface area (Å²) in [5, 5.41) is 10.5. The lowest BCUT2D eigenvalue weighted by atomic mass is 10.1. The maximum atomic E-state index is 11.8. The van der Waals surface area contributed by atoms with Crippen LogP contribution < -0.4 is 0 Å². The third-order valence-electron chi connectivity index (χ3n) is 2.21. The van der Waals surface area contributed by atoms with Gasteiger partial charge in [0, 0.05) is 5.41 Å². The van der Waals surface area contributed by atoms with E-state index in [2.05, 4.69) is 0 Å². The van der Waals surface area contributed by atoms with Gasteiger partial charge in [-0.1, -0.05) is 32.0 Å². The van der Waals surface area contributed by atoms with Crippen LogP contribution in [0.5, 0.6) is 0 Å². The van der Waals surface area contributed by atoms with E-state index in [4.69, 9.17) is 0 Å². The predicted molar refractivity (Wildman–Crippen MR) is 63.6 cm³/mol. The standard InChI is InChI=1S/C12H16O3S/c1-10(2)12(13)8-9-16(14,15)11-6-4-3-5-7-11/h3-10,12-13H,1-2H3/b9-8+/t12-/m0/s1. The van der Waals surface area contributed by atoms with Crippen LogP contribution in [-0.2, 0) is 9.84 Å². The van der Waals surface area contributed by atoms with Crippen LogP contribution in [0.1, 0.15) is 13.8 Å². The molecule has 0 aliphatic carbocycles. The number of aliphatic hydroxyl groups excluding tert-OH is 1. The van der Waals surface area contributed by atoms with Crippen molar-refractivity contribution in [2.45, 2.75) is 24.8 Å². The third kappa shape index (κ3) is 3.47. The highest BCUT2D eigenvalue weighted by molar-refractivity contribution is 7.94. The van der Waals surface area contributed by atoms with Gasteiger partial charge in [-0.2, -0.15) is 0 Å². The first-order valence-electron chi connectivity index (χ1n) is 5.10. The zero-order chi connectivity index (χ0) is 12.2. The van der Waals surface area contributed by atoms with E-state index in [9.17, 15) is 13.5 Å². The van der Waals surface area contributed by atoms with E-state index >= 15 is 0 Å². The molecule has 1 atom stereocenters. The van der Waals surface area contributed by atoms with Gasteiger partial charge in [-0.15, -0.1) is 0 Å². The Morgan fingerprint density at radius 2 is 1.75 bits per heavy atom.